The van der Waals surface area contributed by atoms with Crippen LogP contribution in [0.2, 0.25) is 0 Å². The van der Waals surface area contributed by atoms with Crippen LogP contribution < -0.4 is 27.2 Å². The van der Waals surface area contributed by atoms with Gasteiger partial charge in [-0.3, -0.25) is 0 Å². The highest BCUT2D eigenvalue weighted by molar-refractivity contribution is 9.10. The average molecular weight is 427 g/mol. The molecule has 6 nitrogen and oxygen atoms in total. The smallest absolute Gasteiger partial charge is 0.139 e. The van der Waals surface area contributed by atoms with Crippen LogP contribution in [-0.4, -0.2) is 4.98 Å². The SMILES string of the molecule is Brc1cccc(Nc2nc3cc(C4NNNN4)ccc3c3sccc23)c1. The van der Waals surface area contributed by atoms with Crippen molar-refractivity contribution in [1.82, 2.24) is 26.9 Å². The Balaban J connectivity index is 1.64. The van der Waals surface area contributed by atoms with Crippen molar-refractivity contribution in [3.05, 3.63) is 63.9 Å². The molecule has 26 heavy (non-hydrogen) atoms. The molecule has 1 aliphatic heterocycles. The fraction of sp³-hybridized carbons (Fsp3) is 0.0556. The van der Waals surface area contributed by atoms with Crippen molar-refractivity contribution in [2.24, 2.45) is 0 Å². The van der Waals surface area contributed by atoms with E-state index in [1.165, 1.54) is 4.70 Å². The number of rotatable bonds is 3. The third-order valence-electron chi connectivity index (χ3n) is 4.34. The molecule has 1 fully saturated rings. The first-order valence-electron chi connectivity index (χ1n) is 8.12. The molecule has 5 rings (SSSR count). The number of thiophene rings is 1. The molecule has 1 saturated heterocycles. The van der Waals surface area contributed by atoms with Gasteiger partial charge in [-0.15, -0.1) is 11.3 Å². The van der Waals surface area contributed by atoms with Crippen molar-refractivity contribution in [3.63, 3.8) is 0 Å². The molecular weight excluding hydrogens is 412 g/mol. The lowest BCUT2D eigenvalue weighted by atomic mass is 10.1. The number of hydrogen-bond donors (Lipinski definition) is 5. The Morgan fingerprint density at radius 2 is 1.88 bits per heavy atom. The third kappa shape index (κ3) is 2.86. The van der Waals surface area contributed by atoms with Gasteiger partial charge in [-0.05, 0) is 41.3 Å². The number of nitrogens with zero attached hydrogens (tertiary/aromatic N) is 1. The molecule has 0 bridgehead atoms. The number of pyridine rings is 1. The van der Waals surface area contributed by atoms with Crippen molar-refractivity contribution in [1.29, 1.82) is 0 Å². The van der Waals surface area contributed by atoms with E-state index in [0.717, 1.165) is 37.8 Å². The number of hydrogen-bond acceptors (Lipinski definition) is 7. The summed E-state index contributed by atoms with van der Waals surface area (Å²) in [5.74, 6) is 0.868. The molecule has 0 atom stereocenters. The average Bonchev–Trinajstić information content (AvgIpc) is 3.33. The van der Waals surface area contributed by atoms with Gasteiger partial charge in [0.05, 0.1) is 5.52 Å². The van der Waals surface area contributed by atoms with E-state index in [1.807, 2.05) is 24.3 Å². The van der Waals surface area contributed by atoms with E-state index in [2.05, 4.69) is 72.8 Å². The summed E-state index contributed by atoms with van der Waals surface area (Å²) >= 11 is 5.26. The maximum atomic E-state index is 4.92. The standard InChI is InChI=1S/C18H15BrN6S/c19-11-2-1-3-12(9-11)20-18-14-6-7-26-16(14)13-5-4-10(8-15(13)21-18)17-22-24-25-23-17/h1-9,17,22-25H,(H,20,21). The Labute approximate surface area is 162 Å². The van der Waals surface area contributed by atoms with Crippen LogP contribution in [0.25, 0.3) is 21.0 Å². The van der Waals surface area contributed by atoms with Gasteiger partial charge >= 0.3 is 0 Å². The molecule has 0 radical (unpaired) electrons. The van der Waals surface area contributed by atoms with Crippen LogP contribution in [0.5, 0.6) is 0 Å². The van der Waals surface area contributed by atoms with Crippen molar-refractivity contribution in [3.8, 4) is 0 Å². The molecule has 3 heterocycles. The van der Waals surface area contributed by atoms with Gasteiger partial charge in [0, 0.05) is 25.6 Å². The Hall–Kier alpha value is -2.07. The highest BCUT2D eigenvalue weighted by Gasteiger charge is 2.17. The first-order valence-corrected chi connectivity index (χ1v) is 9.80. The van der Waals surface area contributed by atoms with Gasteiger partial charge in [-0.25, -0.2) is 15.8 Å². The topological polar surface area (TPSA) is 73.0 Å². The highest BCUT2D eigenvalue weighted by Crippen LogP contribution is 2.35. The number of nitrogens with one attached hydrogen (secondary N) is 5. The summed E-state index contributed by atoms with van der Waals surface area (Å²) in [7, 11) is 0. The molecule has 8 heteroatoms. The van der Waals surface area contributed by atoms with E-state index >= 15 is 0 Å². The molecule has 0 unspecified atom stereocenters. The number of aromatic nitrogens is 1. The van der Waals surface area contributed by atoms with Crippen molar-refractivity contribution in [2.45, 2.75) is 6.17 Å². The van der Waals surface area contributed by atoms with Gasteiger partial charge in [0.2, 0.25) is 0 Å². The zero-order valence-corrected chi connectivity index (χ0v) is 15.9. The Morgan fingerprint density at radius 3 is 2.73 bits per heavy atom. The lowest BCUT2D eigenvalue weighted by Gasteiger charge is -2.13. The molecule has 0 aliphatic carbocycles. The number of benzene rings is 2. The number of fused-ring (bicyclic) bond motifs is 3. The number of hydrazine groups is 3. The molecular formula is C18H15BrN6S. The van der Waals surface area contributed by atoms with Crippen LogP contribution in [0.4, 0.5) is 11.5 Å². The fourth-order valence-corrected chi connectivity index (χ4v) is 4.45. The largest absolute Gasteiger partial charge is 0.340 e. The van der Waals surface area contributed by atoms with Crippen molar-refractivity contribution < 1.29 is 0 Å². The monoisotopic (exact) mass is 426 g/mol. The second kappa shape index (κ2) is 6.58. The molecule has 0 amide bonds. The molecule has 130 valence electrons. The van der Waals surface area contributed by atoms with E-state index in [9.17, 15) is 0 Å². The Bertz CT molecular complexity index is 1110. The van der Waals surface area contributed by atoms with Crippen LogP contribution in [0.15, 0.2) is 58.4 Å². The van der Waals surface area contributed by atoms with Crippen molar-refractivity contribution >= 4 is 59.8 Å². The molecule has 0 saturated carbocycles. The predicted octanol–water partition coefficient (Wildman–Crippen LogP) is 4.07. The summed E-state index contributed by atoms with van der Waals surface area (Å²) < 4.78 is 2.27. The molecule has 2 aromatic heterocycles. The molecule has 1 aliphatic rings. The zero-order chi connectivity index (χ0) is 17.5. The number of anilines is 2. The van der Waals surface area contributed by atoms with Crippen LogP contribution in [0, 0.1) is 0 Å². The predicted molar refractivity (Wildman–Crippen MR) is 110 cm³/mol. The lowest BCUT2D eigenvalue weighted by molar-refractivity contribution is 0.555. The van der Waals surface area contributed by atoms with Crippen LogP contribution >= 0.6 is 27.3 Å². The number of halogens is 1. The summed E-state index contributed by atoms with van der Waals surface area (Å²) in [5, 5.41) is 7.87. The van der Waals surface area contributed by atoms with Crippen molar-refractivity contribution in [2.75, 3.05) is 5.32 Å². The van der Waals surface area contributed by atoms with Gasteiger partial charge in [0.25, 0.3) is 0 Å². The maximum absolute atomic E-state index is 4.92. The first kappa shape index (κ1) is 16.1. The van der Waals surface area contributed by atoms with E-state index < -0.39 is 0 Å². The van der Waals surface area contributed by atoms with E-state index in [1.54, 1.807) is 11.3 Å². The zero-order valence-electron chi connectivity index (χ0n) is 13.5. The summed E-state index contributed by atoms with van der Waals surface area (Å²) in [6, 6.07) is 16.6. The first-order chi connectivity index (χ1) is 12.8. The van der Waals surface area contributed by atoms with Gasteiger partial charge in [-0.1, -0.05) is 34.1 Å². The second-order valence-electron chi connectivity index (χ2n) is 6.01. The normalized spacial score (nSPS) is 15.1. The Kier molecular flexibility index (Phi) is 4.08. The summed E-state index contributed by atoms with van der Waals surface area (Å²) in [4.78, 5) is 4.92. The van der Waals surface area contributed by atoms with E-state index in [4.69, 9.17) is 4.98 Å². The molecule has 4 aromatic rings. The summed E-state index contributed by atoms with van der Waals surface area (Å²) in [5.41, 5.74) is 15.0. The fourth-order valence-electron chi connectivity index (χ4n) is 3.12. The lowest BCUT2D eigenvalue weighted by Crippen LogP contribution is -2.33. The minimum absolute atomic E-state index is 0.0123. The summed E-state index contributed by atoms with van der Waals surface area (Å²) in [6.07, 6.45) is -0.0123. The quantitative estimate of drug-likeness (QED) is 0.340. The van der Waals surface area contributed by atoms with Gasteiger partial charge in [0.15, 0.2) is 0 Å². The minimum Gasteiger partial charge on any atom is -0.340 e. The van der Waals surface area contributed by atoms with Crippen LogP contribution in [-0.2, 0) is 0 Å². The highest BCUT2D eigenvalue weighted by atomic mass is 79.9. The van der Waals surface area contributed by atoms with Crippen LogP contribution in [0.1, 0.15) is 11.7 Å². The molecule has 5 N–H and O–H groups in total. The third-order valence-corrected chi connectivity index (χ3v) is 5.78. The van der Waals surface area contributed by atoms with Gasteiger partial charge < -0.3 is 5.32 Å². The summed E-state index contributed by atoms with van der Waals surface area (Å²) in [6.45, 7) is 0. The van der Waals surface area contributed by atoms with E-state index in [-0.39, 0.29) is 6.17 Å². The Morgan fingerprint density at radius 1 is 1.00 bits per heavy atom. The second-order valence-corrected chi connectivity index (χ2v) is 7.84. The molecule has 2 aromatic carbocycles. The van der Waals surface area contributed by atoms with Crippen LogP contribution in [0.3, 0.4) is 0 Å². The van der Waals surface area contributed by atoms with Gasteiger partial charge in [-0.2, -0.15) is 11.1 Å². The van der Waals surface area contributed by atoms with Gasteiger partial charge in [0.1, 0.15) is 12.0 Å². The van der Waals surface area contributed by atoms with E-state index in [0.29, 0.717) is 0 Å². The maximum Gasteiger partial charge on any atom is 0.139 e. The molecule has 0 spiro atoms. The minimum atomic E-state index is -0.0123.